The molecule has 0 unspecified atom stereocenters. The van der Waals surface area contributed by atoms with E-state index < -0.39 is 0 Å². The van der Waals surface area contributed by atoms with Crippen molar-refractivity contribution in [2.24, 2.45) is 0 Å². The van der Waals surface area contributed by atoms with E-state index in [1.807, 2.05) is 30.3 Å². The Labute approximate surface area is 152 Å². The first-order chi connectivity index (χ1) is 12.6. The zero-order valence-corrected chi connectivity index (χ0v) is 14.9. The molecule has 2 aromatic rings. The van der Waals surface area contributed by atoms with Crippen molar-refractivity contribution in [3.63, 3.8) is 0 Å². The average Bonchev–Trinajstić information content (AvgIpc) is 2.91. The molecule has 26 heavy (non-hydrogen) atoms. The third-order valence-electron chi connectivity index (χ3n) is 4.20. The van der Waals surface area contributed by atoms with Crippen LogP contribution in [0.1, 0.15) is 12.5 Å². The van der Waals surface area contributed by atoms with Crippen molar-refractivity contribution in [3.05, 3.63) is 59.8 Å². The van der Waals surface area contributed by atoms with Crippen molar-refractivity contribution in [2.45, 2.75) is 6.92 Å². The van der Waals surface area contributed by atoms with Crippen LogP contribution in [-0.2, 0) is 9.59 Å². The second kappa shape index (κ2) is 7.31. The van der Waals surface area contributed by atoms with E-state index in [9.17, 15) is 9.59 Å². The van der Waals surface area contributed by atoms with Crippen molar-refractivity contribution >= 4 is 23.1 Å². The number of hydrogen-bond donors (Lipinski definition) is 1. The Morgan fingerprint density at radius 1 is 0.923 bits per heavy atom. The molecular formula is C20H20N2O4. The van der Waals surface area contributed by atoms with Crippen LogP contribution in [0.2, 0.25) is 0 Å². The Morgan fingerprint density at radius 2 is 1.62 bits per heavy atom. The van der Waals surface area contributed by atoms with Gasteiger partial charge in [0.15, 0.2) is 11.5 Å². The molecule has 134 valence electrons. The van der Waals surface area contributed by atoms with Gasteiger partial charge in [-0.25, -0.2) is 0 Å². The topological polar surface area (TPSA) is 67.9 Å². The van der Waals surface area contributed by atoms with Crippen molar-refractivity contribution < 1.29 is 19.1 Å². The van der Waals surface area contributed by atoms with Gasteiger partial charge < -0.3 is 14.8 Å². The van der Waals surface area contributed by atoms with Crippen LogP contribution in [0.25, 0.3) is 5.57 Å². The Balaban J connectivity index is 2.12. The summed E-state index contributed by atoms with van der Waals surface area (Å²) in [4.78, 5) is 26.8. The molecule has 1 aliphatic heterocycles. The lowest BCUT2D eigenvalue weighted by Gasteiger charge is -2.12. The summed E-state index contributed by atoms with van der Waals surface area (Å²) in [6.45, 7) is 2.07. The molecule has 0 saturated heterocycles. The Bertz CT molecular complexity index is 875. The monoisotopic (exact) mass is 352 g/mol. The van der Waals surface area contributed by atoms with Crippen LogP contribution in [0, 0.1) is 0 Å². The number of nitrogens with zero attached hydrogens (tertiary/aromatic N) is 1. The number of para-hydroxylation sites is 1. The second-order valence-corrected chi connectivity index (χ2v) is 5.67. The van der Waals surface area contributed by atoms with Gasteiger partial charge in [0.1, 0.15) is 5.70 Å². The number of anilines is 1. The lowest BCUT2D eigenvalue weighted by atomic mass is 10.0. The Hall–Kier alpha value is -3.28. The molecule has 1 aliphatic rings. The zero-order valence-electron chi connectivity index (χ0n) is 14.9. The predicted molar refractivity (Wildman–Crippen MR) is 98.9 cm³/mol. The van der Waals surface area contributed by atoms with Crippen LogP contribution < -0.4 is 14.8 Å². The fourth-order valence-electron chi connectivity index (χ4n) is 2.90. The van der Waals surface area contributed by atoms with E-state index in [0.717, 1.165) is 5.69 Å². The highest BCUT2D eigenvalue weighted by Gasteiger charge is 2.38. The number of ether oxygens (including phenoxy) is 2. The number of nitrogens with one attached hydrogen (secondary N) is 1. The number of methoxy groups -OCH3 is 2. The molecule has 0 aromatic heterocycles. The van der Waals surface area contributed by atoms with Gasteiger partial charge in [-0.3, -0.25) is 14.5 Å². The van der Waals surface area contributed by atoms with Crippen LogP contribution >= 0.6 is 0 Å². The maximum absolute atomic E-state index is 12.8. The smallest absolute Gasteiger partial charge is 0.278 e. The molecule has 0 spiro atoms. The van der Waals surface area contributed by atoms with Gasteiger partial charge in [-0.05, 0) is 36.8 Å². The minimum Gasteiger partial charge on any atom is -0.493 e. The summed E-state index contributed by atoms with van der Waals surface area (Å²) in [6.07, 6.45) is 0. The quantitative estimate of drug-likeness (QED) is 0.810. The van der Waals surface area contributed by atoms with Crippen LogP contribution in [-0.4, -0.2) is 37.5 Å². The lowest BCUT2D eigenvalue weighted by molar-refractivity contribution is -0.136. The molecule has 0 radical (unpaired) electrons. The average molecular weight is 352 g/mol. The predicted octanol–water partition coefficient (Wildman–Crippen LogP) is 2.92. The van der Waals surface area contributed by atoms with Crippen LogP contribution in [0.3, 0.4) is 0 Å². The summed E-state index contributed by atoms with van der Waals surface area (Å²) in [5.41, 5.74) is 1.91. The van der Waals surface area contributed by atoms with E-state index in [4.69, 9.17) is 9.47 Å². The van der Waals surface area contributed by atoms with Crippen LogP contribution in [0.4, 0.5) is 5.69 Å². The standard InChI is InChI=1S/C20H20N2O4/c1-4-22-19(23)17(13-10-11-15(25-2)16(12-13)26-3)18(20(22)24)21-14-8-6-5-7-9-14/h5-12,21H,4H2,1-3H3. The number of likely N-dealkylation sites (N-methyl/N-ethyl adjacent to an activating group) is 1. The first-order valence-electron chi connectivity index (χ1n) is 8.25. The molecule has 0 aliphatic carbocycles. The van der Waals surface area contributed by atoms with Gasteiger partial charge in [-0.1, -0.05) is 24.3 Å². The van der Waals surface area contributed by atoms with Crippen molar-refractivity contribution in [1.82, 2.24) is 4.90 Å². The summed E-state index contributed by atoms with van der Waals surface area (Å²) in [5, 5.41) is 3.10. The van der Waals surface area contributed by atoms with Gasteiger partial charge >= 0.3 is 0 Å². The SMILES string of the molecule is CCN1C(=O)C(Nc2ccccc2)=C(c2ccc(OC)c(OC)c2)C1=O. The van der Waals surface area contributed by atoms with E-state index in [0.29, 0.717) is 29.2 Å². The third kappa shape index (κ3) is 3.01. The molecule has 2 amide bonds. The minimum absolute atomic E-state index is 0.260. The van der Waals surface area contributed by atoms with Crippen molar-refractivity contribution in [3.8, 4) is 11.5 Å². The molecule has 0 saturated carbocycles. The molecule has 1 N–H and O–H groups in total. The van der Waals surface area contributed by atoms with E-state index in [-0.39, 0.29) is 17.5 Å². The van der Waals surface area contributed by atoms with E-state index >= 15 is 0 Å². The minimum atomic E-state index is -0.342. The van der Waals surface area contributed by atoms with Gasteiger partial charge in [0, 0.05) is 12.2 Å². The number of rotatable bonds is 6. The Kier molecular flexibility index (Phi) is 4.93. The molecule has 6 nitrogen and oxygen atoms in total. The molecule has 1 heterocycles. The van der Waals surface area contributed by atoms with Crippen molar-refractivity contribution in [1.29, 1.82) is 0 Å². The summed E-state index contributed by atoms with van der Waals surface area (Å²) < 4.78 is 10.6. The van der Waals surface area contributed by atoms with Gasteiger partial charge in [-0.2, -0.15) is 0 Å². The summed E-state index contributed by atoms with van der Waals surface area (Å²) in [6, 6.07) is 14.4. The van der Waals surface area contributed by atoms with Gasteiger partial charge in [0.05, 0.1) is 19.8 Å². The molecule has 0 fully saturated rings. The number of imide groups is 1. The number of hydrogen-bond acceptors (Lipinski definition) is 5. The van der Waals surface area contributed by atoms with E-state index in [2.05, 4.69) is 5.32 Å². The van der Waals surface area contributed by atoms with Crippen molar-refractivity contribution in [2.75, 3.05) is 26.1 Å². The first-order valence-corrected chi connectivity index (χ1v) is 8.25. The Morgan fingerprint density at radius 3 is 2.23 bits per heavy atom. The molecular weight excluding hydrogens is 332 g/mol. The maximum Gasteiger partial charge on any atom is 0.278 e. The molecule has 0 atom stereocenters. The lowest BCUT2D eigenvalue weighted by Crippen LogP contribution is -2.32. The van der Waals surface area contributed by atoms with E-state index in [1.165, 1.54) is 12.0 Å². The van der Waals surface area contributed by atoms with Gasteiger partial charge in [0.25, 0.3) is 11.8 Å². The second-order valence-electron chi connectivity index (χ2n) is 5.67. The highest BCUT2D eigenvalue weighted by Crippen LogP contribution is 2.35. The molecule has 0 bridgehead atoms. The number of carbonyl (C=O) groups is 2. The number of amides is 2. The largest absolute Gasteiger partial charge is 0.493 e. The normalized spacial score (nSPS) is 14.0. The van der Waals surface area contributed by atoms with Crippen LogP contribution in [0.15, 0.2) is 54.2 Å². The van der Waals surface area contributed by atoms with E-state index in [1.54, 1.807) is 32.2 Å². The molecule has 6 heteroatoms. The van der Waals surface area contributed by atoms with Crippen LogP contribution in [0.5, 0.6) is 11.5 Å². The third-order valence-corrected chi connectivity index (χ3v) is 4.20. The highest BCUT2D eigenvalue weighted by atomic mass is 16.5. The molecule has 3 rings (SSSR count). The number of carbonyl (C=O) groups excluding carboxylic acids is 2. The molecule has 2 aromatic carbocycles. The maximum atomic E-state index is 12.8. The van der Waals surface area contributed by atoms with Gasteiger partial charge in [0.2, 0.25) is 0 Å². The summed E-state index contributed by atoms with van der Waals surface area (Å²) >= 11 is 0. The zero-order chi connectivity index (χ0) is 18.7. The van der Waals surface area contributed by atoms with Gasteiger partial charge in [-0.15, -0.1) is 0 Å². The first kappa shape index (κ1) is 17.5. The summed E-state index contributed by atoms with van der Waals surface area (Å²) in [7, 11) is 3.07. The summed E-state index contributed by atoms with van der Waals surface area (Å²) in [5.74, 6) is 0.375. The highest BCUT2D eigenvalue weighted by molar-refractivity contribution is 6.36. The fourth-order valence-corrected chi connectivity index (χ4v) is 2.90. The fraction of sp³-hybridized carbons (Fsp3) is 0.200. The number of benzene rings is 2.